The van der Waals surface area contributed by atoms with Gasteiger partial charge < -0.3 is 19.8 Å². The summed E-state index contributed by atoms with van der Waals surface area (Å²) >= 11 is 0. The fraction of sp³-hybridized carbons (Fsp3) is 1.00. The highest BCUT2D eigenvalue weighted by Crippen LogP contribution is 2.16. The minimum Gasteiger partial charge on any atom is -0.389 e. The van der Waals surface area contributed by atoms with Gasteiger partial charge in [0.1, 0.15) is 0 Å². The van der Waals surface area contributed by atoms with E-state index in [-0.39, 0.29) is 0 Å². The van der Waals surface area contributed by atoms with E-state index in [2.05, 4.69) is 49.7 Å². The Bertz CT molecular complexity index is 260. The average Bonchev–Trinajstić information content (AvgIpc) is 2.45. The lowest BCUT2D eigenvalue weighted by Gasteiger charge is -2.36. The van der Waals surface area contributed by atoms with Crippen molar-refractivity contribution in [2.75, 3.05) is 53.9 Å². The van der Waals surface area contributed by atoms with Gasteiger partial charge in [-0.25, -0.2) is 0 Å². The van der Waals surface area contributed by atoms with Gasteiger partial charge in [-0.1, -0.05) is 13.8 Å². The van der Waals surface area contributed by atoms with Gasteiger partial charge in [0, 0.05) is 25.7 Å². The molecule has 1 aliphatic rings. The molecule has 1 fully saturated rings. The van der Waals surface area contributed by atoms with Crippen molar-refractivity contribution in [3.63, 3.8) is 0 Å². The average molecular weight is 285 g/mol. The summed E-state index contributed by atoms with van der Waals surface area (Å²) in [5.41, 5.74) is -0.513. The van der Waals surface area contributed by atoms with Crippen LogP contribution >= 0.6 is 0 Å². The Hall–Kier alpha value is -0.160. The normalized spacial score (nSPS) is 19.2. The van der Waals surface area contributed by atoms with Gasteiger partial charge in [0.25, 0.3) is 0 Å². The lowest BCUT2D eigenvalue weighted by atomic mass is 9.97. The van der Waals surface area contributed by atoms with E-state index in [4.69, 9.17) is 0 Å². The first-order chi connectivity index (χ1) is 9.40. The zero-order chi connectivity index (χ0) is 15.2. The molecule has 1 N–H and O–H groups in total. The number of likely N-dealkylation sites (tertiary alicyclic amines) is 1. The van der Waals surface area contributed by atoms with Crippen molar-refractivity contribution < 1.29 is 5.11 Å². The third kappa shape index (κ3) is 5.68. The quantitative estimate of drug-likeness (QED) is 0.732. The number of piperidine rings is 1. The first-order valence-electron chi connectivity index (χ1n) is 8.20. The molecule has 0 amide bonds. The van der Waals surface area contributed by atoms with E-state index < -0.39 is 5.60 Å². The Balaban J connectivity index is 2.28. The molecular weight excluding hydrogens is 250 g/mol. The Morgan fingerprint density at radius 3 is 2.15 bits per heavy atom. The SMILES string of the molecule is CCC(O)(CC)CN(C)CCN(C)C1CCN(C)CC1. The standard InChI is InChI=1S/C16H35N3O/c1-6-16(20,7-2)14-18(4)12-13-19(5)15-8-10-17(3)11-9-15/h15,20H,6-14H2,1-5H3. The molecule has 20 heavy (non-hydrogen) atoms. The van der Waals surface area contributed by atoms with Crippen LogP contribution in [0.3, 0.4) is 0 Å². The number of nitrogens with zero attached hydrogens (tertiary/aromatic N) is 3. The fourth-order valence-electron chi connectivity index (χ4n) is 3.00. The Morgan fingerprint density at radius 2 is 1.65 bits per heavy atom. The Morgan fingerprint density at radius 1 is 1.10 bits per heavy atom. The van der Waals surface area contributed by atoms with E-state index >= 15 is 0 Å². The van der Waals surface area contributed by atoms with Crippen LogP contribution in [-0.4, -0.2) is 85.3 Å². The van der Waals surface area contributed by atoms with Crippen molar-refractivity contribution in [1.82, 2.24) is 14.7 Å². The fourth-order valence-corrected chi connectivity index (χ4v) is 3.00. The largest absolute Gasteiger partial charge is 0.389 e. The highest BCUT2D eigenvalue weighted by molar-refractivity contribution is 4.80. The molecule has 1 saturated heterocycles. The predicted octanol–water partition coefficient (Wildman–Crippen LogP) is 1.50. The van der Waals surface area contributed by atoms with Crippen molar-refractivity contribution in [1.29, 1.82) is 0 Å². The van der Waals surface area contributed by atoms with E-state index in [1.54, 1.807) is 0 Å². The monoisotopic (exact) mass is 285 g/mol. The van der Waals surface area contributed by atoms with Gasteiger partial charge >= 0.3 is 0 Å². The first-order valence-corrected chi connectivity index (χ1v) is 8.20. The molecular formula is C16H35N3O. The molecule has 1 aliphatic heterocycles. The zero-order valence-corrected chi connectivity index (χ0v) is 14.2. The topological polar surface area (TPSA) is 30.0 Å². The van der Waals surface area contributed by atoms with Gasteiger partial charge in [-0.2, -0.15) is 0 Å². The molecule has 1 rings (SSSR count). The van der Waals surface area contributed by atoms with Crippen LogP contribution in [-0.2, 0) is 0 Å². The van der Waals surface area contributed by atoms with Crippen LogP contribution in [0.25, 0.3) is 0 Å². The van der Waals surface area contributed by atoms with Gasteiger partial charge in [-0.3, -0.25) is 0 Å². The second kappa shape index (κ2) is 8.32. The van der Waals surface area contributed by atoms with E-state index in [1.807, 2.05) is 0 Å². The molecule has 0 aromatic rings. The van der Waals surface area contributed by atoms with Gasteiger partial charge in [0.15, 0.2) is 0 Å². The van der Waals surface area contributed by atoms with Gasteiger partial charge in [0.05, 0.1) is 5.60 Å². The molecule has 4 heteroatoms. The summed E-state index contributed by atoms with van der Waals surface area (Å²) in [7, 11) is 6.58. The first kappa shape index (κ1) is 17.9. The van der Waals surface area contributed by atoms with Crippen LogP contribution in [0.15, 0.2) is 0 Å². The molecule has 4 nitrogen and oxygen atoms in total. The van der Waals surface area contributed by atoms with E-state index in [0.717, 1.165) is 38.5 Å². The van der Waals surface area contributed by atoms with Crippen LogP contribution in [0, 0.1) is 0 Å². The van der Waals surface area contributed by atoms with Gasteiger partial charge in [-0.15, -0.1) is 0 Å². The molecule has 0 unspecified atom stereocenters. The van der Waals surface area contributed by atoms with Crippen molar-refractivity contribution in [3.8, 4) is 0 Å². The molecule has 120 valence electrons. The Labute approximate surface area is 125 Å². The number of hydrogen-bond donors (Lipinski definition) is 1. The zero-order valence-electron chi connectivity index (χ0n) is 14.2. The van der Waals surface area contributed by atoms with E-state index in [0.29, 0.717) is 0 Å². The molecule has 0 saturated carbocycles. The Kier molecular flexibility index (Phi) is 7.45. The summed E-state index contributed by atoms with van der Waals surface area (Å²) < 4.78 is 0. The molecule has 1 heterocycles. The lowest BCUT2D eigenvalue weighted by Crippen LogP contribution is -2.46. The molecule has 0 aromatic carbocycles. The third-order valence-electron chi connectivity index (χ3n) is 5.03. The molecule has 0 atom stereocenters. The summed E-state index contributed by atoms with van der Waals surface area (Å²) in [6.07, 6.45) is 4.23. The minimum atomic E-state index is -0.513. The highest BCUT2D eigenvalue weighted by atomic mass is 16.3. The van der Waals surface area contributed by atoms with Crippen LogP contribution < -0.4 is 0 Å². The number of likely N-dealkylation sites (N-methyl/N-ethyl adjacent to an activating group) is 2. The van der Waals surface area contributed by atoms with Crippen molar-refractivity contribution in [3.05, 3.63) is 0 Å². The molecule has 0 radical (unpaired) electrons. The second-order valence-corrected chi connectivity index (χ2v) is 6.68. The summed E-state index contributed by atoms with van der Waals surface area (Å²) in [6, 6.07) is 0.732. The third-order valence-corrected chi connectivity index (χ3v) is 5.03. The maximum absolute atomic E-state index is 10.4. The summed E-state index contributed by atoms with van der Waals surface area (Å²) in [4.78, 5) is 7.19. The van der Waals surface area contributed by atoms with Crippen molar-refractivity contribution in [2.24, 2.45) is 0 Å². The number of aliphatic hydroxyl groups is 1. The van der Waals surface area contributed by atoms with E-state index in [1.165, 1.54) is 25.9 Å². The van der Waals surface area contributed by atoms with Crippen LogP contribution in [0.5, 0.6) is 0 Å². The van der Waals surface area contributed by atoms with Crippen molar-refractivity contribution >= 4 is 0 Å². The minimum absolute atomic E-state index is 0.513. The summed E-state index contributed by atoms with van der Waals surface area (Å²) in [5, 5.41) is 10.4. The van der Waals surface area contributed by atoms with Gasteiger partial charge in [0.2, 0.25) is 0 Å². The number of hydrogen-bond acceptors (Lipinski definition) is 4. The van der Waals surface area contributed by atoms with Crippen LogP contribution in [0.4, 0.5) is 0 Å². The summed E-state index contributed by atoms with van der Waals surface area (Å²) in [6.45, 7) is 9.48. The van der Waals surface area contributed by atoms with Gasteiger partial charge in [-0.05, 0) is 59.9 Å². The molecule has 0 spiro atoms. The van der Waals surface area contributed by atoms with Crippen molar-refractivity contribution in [2.45, 2.75) is 51.2 Å². The highest BCUT2D eigenvalue weighted by Gasteiger charge is 2.25. The van der Waals surface area contributed by atoms with Crippen LogP contribution in [0.2, 0.25) is 0 Å². The lowest BCUT2D eigenvalue weighted by molar-refractivity contribution is 0.000546. The van der Waals surface area contributed by atoms with Crippen LogP contribution in [0.1, 0.15) is 39.5 Å². The smallest absolute Gasteiger partial charge is 0.0768 e. The maximum atomic E-state index is 10.4. The molecule has 0 aliphatic carbocycles. The molecule has 0 aromatic heterocycles. The predicted molar refractivity (Wildman–Crippen MR) is 86.2 cm³/mol. The van der Waals surface area contributed by atoms with E-state index in [9.17, 15) is 5.11 Å². The maximum Gasteiger partial charge on any atom is 0.0768 e. The second-order valence-electron chi connectivity index (χ2n) is 6.68. The number of rotatable bonds is 8. The summed E-state index contributed by atoms with van der Waals surface area (Å²) in [5.74, 6) is 0. The molecule has 0 bridgehead atoms.